The van der Waals surface area contributed by atoms with Crippen LogP contribution in [0.4, 0.5) is 0 Å². The summed E-state index contributed by atoms with van der Waals surface area (Å²) in [6.45, 7) is 2.08. The molecular formula is C11H16N2O. The Balaban J connectivity index is 2.52. The first-order chi connectivity index (χ1) is 6.68. The summed E-state index contributed by atoms with van der Waals surface area (Å²) in [6, 6.07) is 2.00. The zero-order valence-corrected chi connectivity index (χ0v) is 8.40. The SMILES string of the molecule is CC1CCc2ccncc2C1(N)CO. The highest BCUT2D eigenvalue weighted by atomic mass is 16.3. The molecule has 3 nitrogen and oxygen atoms in total. The Morgan fingerprint density at radius 3 is 3.21 bits per heavy atom. The quantitative estimate of drug-likeness (QED) is 0.692. The molecule has 1 aliphatic carbocycles. The highest BCUT2D eigenvalue weighted by molar-refractivity contribution is 5.34. The summed E-state index contributed by atoms with van der Waals surface area (Å²) in [6.07, 6.45) is 5.65. The van der Waals surface area contributed by atoms with E-state index < -0.39 is 5.54 Å². The average molecular weight is 192 g/mol. The third-order valence-corrected chi connectivity index (χ3v) is 3.40. The van der Waals surface area contributed by atoms with Gasteiger partial charge in [-0.2, -0.15) is 0 Å². The second-order valence-corrected chi connectivity index (χ2v) is 4.17. The lowest BCUT2D eigenvalue weighted by molar-refractivity contribution is 0.133. The van der Waals surface area contributed by atoms with Gasteiger partial charge in [0.25, 0.3) is 0 Å². The molecule has 0 fully saturated rings. The van der Waals surface area contributed by atoms with E-state index in [1.807, 2.05) is 6.07 Å². The molecular weight excluding hydrogens is 176 g/mol. The van der Waals surface area contributed by atoms with Gasteiger partial charge in [0.2, 0.25) is 0 Å². The Hall–Kier alpha value is -0.930. The van der Waals surface area contributed by atoms with Crippen LogP contribution in [0.5, 0.6) is 0 Å². The molecule has 14 heavy (non-hydrogen) atoms. The summed E-state index contributed by atoms with van der Waals surface area (Å²) in [5.41, 5.74) is 7.87. The summed E-state index contributed by atoms with van der Waals surface area (Å²) < 4.78 is 0. The Bertz CT molecular complexity index is 340. The lowest BCUT2D eigenvalue weighted by Gasteiger charge is -2.39. The summed E-state index contributed by atoms with van der Waals surface area (Å²) in [5.74, 6) is 0.309. The molecule has 0 saturated heterocycles. The molecule has 2 rings (SSSR count). The normalized spacial score (nSPS) is 31.2. The van der Waals surface area contributed by atoms with E-state index in [4.69, 9.17) is 5.73 Å². The number of pyridine rings is 1. The highest BCUT2D eigenvalue weighted by Crippen LogP contribution is 2.36. The van der Waals surface area contributed by atoms with E-state index >= 15 is 0 Å². The summed E-state index contributed by atoms with van der Waals surface area (Å²) >= 11 is 0. The predicted molar refractivity (Wildman–Crippen MR) is 54.7 cm³/mol. The molecule has 0 aromatic carbocycles. The van der Waals surface area contributed by atoms with Gasteiger partial charge < -0.3 is 10.8 Å². The second-order valence-electron chi connectivity index (χ2n) is 4.17. The van der Waals surface area contributed by atoms with E-state index in [0.29, 0.717) is 5.92 Å². The minimum Gasteiger partial charge on any atom is -0.394 e. The topological polar surface area (TPSA) is 59.1 Å². The van der Waals surface area contributed by atoms with Gasteiger partial charge in [-0.25, -0.2) is 0 Å². The van der Waals surface area contributed by atoms with Crippen LogP contribution in [-0.4, -0.2) is 16.7 Å². The predicted octanol–water partition coefficient (Wildman–Crippen LogP) is 0.810. The largest absolute Gasteiger partial charge is 0.394 e. The van der Waals surface area contributed by atoms with Crippen molar-refractivity contribution in [2.75, 3.05) is 6.61 Å². The second kappa shape index (κ2) is 3.33. The number of fused-ring (bicyclic) bond motifs is 1. The molecule has 2 unspecified atom stereocenters. The first kappa shape index (κ1) is 9.62. The summed E-state index contributed by atoms with van der Waals surface area (Å²) in [7, 11) is 0. The zero-order valence-electron chi connectivity index (χ0n) is 8.40. The smallest absolute Gasteiger partial charge is 0.0687 e. The first-order valence-electron chi connectivity index (χ1n) is 5.01. The molecule has 1 aliphatic rings. The monoisotopic (exact) mass is 192 g/mol. The van der Waals surface area contributed by atoms with Crippen molar-refractivity contribution in [3.8, 4) is 0 Å². The molecule has 0 spiro atoms. The van der Waals surface area contributed by atoms with E-state index in [2.05, 4.69) is 11.9 Å². The number of rotatable bonds is 1. The van der Waals surface area contributed by atoms with Crippen molar-refractivity contribution >= 4 is 0 Å². The van der Waals surface area contributed by atoms with Gasteiger partial charge in [-0.05, 0) is 36.0 Å². The summed E-state index contributed by atoms with van der Waals surface area (Å²) in [4.78, 5) is 4.08. The van der Waals surface area contributed by atoms with Gasteiger partial charge in [0, 0.05) is 12.4 Å². The molecule has 1 heterocycles. The van der Waals surface area contributed by atoms with Gasteiger partial charge in [-0.15, -0.1) is 0 Å². The maximum atomic E-state index is 9.41. The van der Waals surface area contributed by atoms with Crippen molar-refractivity contribution in [2.45, 2.75) is 25.3 Å². The standard InChI is InChI=1S/C11H16N2O/c1-8-2-3-9-4-5-13-6-10(9)11(8,12)7-14/h4-6,8,14H,2-3,7,12H2,1H3. The van der Waals surface area contributed by atoms with E-state index in [1.165, 1.54) is 5.56 Å². The van der Waals surface area contributed by atoms with Gasteiger partial charge in [0.1, 0.15) is 0 Å². The number of aromatic nitrogens is 1. The van der Waals surface area contributed by atoms with Crippen LogP contribution in [0.1, 0.15) is 24.5 Å². The number of aliphatic hydroxyl groups is 1. The molecule has 0 radical (unpaired) electrons. The molecule has 3 N–H and O–H groups in total. The van der Waals surface area contributed by atoms with Crippen LogP contribution in [0.25, 0.3) is 0 Å². The Morgan fingerprint density at radius 1 is 1.71 bits per heavy atom. The minimum absolute atomic E-state index is 0.00708. The van der Waals surface area contributed by atoms with E-state index in [-0.39, 0.29) is 6.61 Å². The van der Waals surface area contributed by atoms with Crippen LogP contribution in [0.3, 0.4) is 0 Å². The van der Waals surface area contributed by atoms with Crippen molar-refractivity contribution in [3.05, 3.63) is 29.6 Å². The maximum Gasteiger partial charge on any atom is 0.0687 e. The fourth-order valence-electron chi connectivity index (χ4n) is 2.20. The van der Waals surface area contributed by atoms with Gasteiger partial charge in [-0.3, -0.25) is 4.98 Å². The molecule has 1 aromatic heterocycles. The average Bonchev–Trinajstić information content (AvgIpc) is 2.24. The highest BCUT2D eigenvalue weighted by Gasteiger charge is 2.38. The number of nitrogens with two attached hydrogens (primary N) is 1. The number of nitrogens with zero attached hydrogens (tertiary/aromatic N) is 1. The number of aryl methyl sites for hydroxylation is 1. The van der Waals surface area contributed by atoms with Gasteiger partial charge >= 0.3 is 0 Å². The molecule has 0 saturated carbocycles. The molecule has 0 amide bonds. The van der Waals surface area contributed by atoms with Crippen molar-refractivity contribution in [2.24, 2.45) is 11.7 Å². The van der Waals surface area contributed by atoms with Crippen LogP contribution in [0.15, 0.2) is 18.5 Å². The lowest BCUT2D eigenvalue weighted by Crippen LogP contribution is -2.49. The molecule has 0 aliphatic heterocycles. The Labute approximate surface area is 84.0 Å². The molecule has 0 bridgehead atoms. The lowest BCUT2D eigenvalue weighted by atomic mass is 9.72. The van der Waals surface area contributed by atoms with Crippen molar-refractivity contribution < 1.29 is 5.11 Å². The Kier molecular flexibility index (Phi) is 2.29. The van der Waals surface area contributed by atoms with E-state index in [0.717, 1.165) is 18.4 Å². The van der Waals surface area contributed by atoms with Gasteiger partial charge in [0.05, 0.1) is 12.1 Å². The minimum atomic E-state index is -0.595. The third kappa shape index (κ3) is 1.24. The fourth-order valence-corrected chi connectivity index (χ4v) is 2.20. The van der Waals surface area contributed by atoms with Crippen molar-refractivity contribution in [3.63, 3.8) is 0 Å². The molecule has 3 heteroatoms. The van der Waals surface area contributed by atoms with E-state index in [1.54, 1.807) is 12.4 Å². The third-order valence-electron chi connectivity index (χ3n) is 3.40. The maximum absolute atomic E-state index is 9.41. The van der Waals surface area contributed by atoms with Crippen LogP contribution in [0, 0.1) is 5.92 Å². The van der Waals surface area contributed by atoms with Crippen molar-refractivity contribution in [1.29, 1.82) is 0 Å². The zero-order chi connectivity index (χ0) is 10.2. The van der Waals surface area contributed by atoms with Crippen molar-refractivity contribution in [1.82, 2.24) is 4.98 Å². The van der Waals surface area contributed by atoms with Gasteiger partial charge in [-0.1, -0.05) is 6.92 Å². The first-order valence-corrected chi connectivity index (χ1v) is 5.01. The Morgan fingerprint density at radius 2 is 2.50 bits per heavy atom. The van der Waals surface area contributed by atoms with Crippen LogP contribution < -0.4 is 5.73 Å². The van der Waals surface area contributed by atoms with Crippen LogP contribution in [-0.2, 0) is 12.0 Å². The number of aliphatic hydroxyl groups excluding tert-OH is 1. The fraction of sp³-hybridized carbons (Fsp3) is 0.545. The van der Waals surface area contributed by atoms with E-state index in [9.17, 15) is 5.11 Å². The number of hydrogen-bond donors (Lipinski definition) is 2. The molecule has 2 atom stereocenters. The van der Waals surface area contributed by atoms with Crippen LogP contribution in [0.2, 0.25) is 0 Å². The summed E-state index contributed by atoms with van der Waals surface area (Å²) in [5, 5.41) is 9.41. The molecule has 76 valence electrons. The number of hydrogen-bond acceptors (Lipinski definition) is 3. The van der Waals surface area contributed by atoms with Gasteiger partial charge in [0.15, 0.2) is 0 Å². The molecule has 1 aromatic rings. The van der Waals surface area contributed by atoms with Crippen LogP contribution >= 0.6 is 0 Å².